The number of pyridine rings is 1. The van der Waals surface area contributed by atoms with Crippen LogP contribution in [0.15, 0.2) is 110 Å². The van der Waals surface area contributed by atoms with E-state index >= 15 is 0 Å². The van der Waals surface area contributed by atoms with Crippen molar-refractivity contribution in [2.75, 3.05) is 0 Å². The number of aromatic nitrogens is 3. The van der Waals surface area contributed by atoms with E-state index in [0.29, 0.717) is 6.61 Å². The van der Waals surface area contributed by atoms with Crippen molar-refractivity contribution in [3.05, 3.63) is 121 Å². The van der Waals surface area contributed by atoms with Gasteiger partial charge in [-0.1, -0.05) is 30.3 Å². The van der Waals surface area contributed by atoms with Crippen LogP contribution in [-0.4, -0.2) is 14.5 Å². The van der Waals surface area contributed by atoms with Crippen LogP contribution < -0.4 is 4.74 Å². The predicted octanol–water partition coefficient (Wildman–Crippen LogP) is 6.32. The van der Waals surface area contributed by atoms with Crippen LogP contribution in [0, 0.1) is 5.82 Å². The van der Waals surface area contributed by atoms with E-state index < -0.39 is 0 Å². The van der Waals surface area contributed by atoms with Gasteiger partial charge in [0, 0.05) is 29.7 Å². The van der Waals surface area contributed by atoms with Crippen molar-refractivity contribution in [3.63, 3.8) is 0 Å². The third-order valence-electron chi connectivity index (χ3n) is 5.15. The minimum absolute atomic E-state index is 0.276. The van der Waals surface area contributed by atoms with Crippen molar-refractivity contribution < 1.29 is 9.13 Å². The summed E-state index contributed by atoms with van der Waals surface area (Å²) >= 11 is 0. The van der Waals surface area contributed by atoms with Gasteiger partial charge < -0.3 is 4.74 Å². The van der Waals surface area contributed by atoms with Gasteiger partial charge in [-0.2, -0.15) is 0 Å². The van der Waals surface area contributed by atoms with Crippen molar-refractivity contribution in [1.82, 2.24) is 14.5 Å². The second-order valence-corrected chi connectivity index (χ2v) is 7.33. The van der Waals surface area contributed by atoms with Crippen LogP contribution in [0.25, 0.3) is 28.3 Å². The molecule has 0 fully saturated rings. The maximum absolute atomic E-state index is 13.5. The molecule has 0 N–H and O–H groups in total. The molecule has 0 aliphatic heterocycles. The molecule has 0 spiro atoms. The molecule has 0 unspecified atom stereocenters. The number of hydrogen-bond donors (Lipinski definition) is 0. The first-order valence-electron chi connectivity index (χ1n) is 10.3. The summed E-state index contributed by atoms with van der Waals surface area (Å²) in [5, 5.41) is 0. The molecule has 0 aliphatic rings. The van der Waals surface area contributed by atoms with Crippen LogP contribution in [0.1, 0.15) is 5.56 Å². The molecule has 2 aromatic heterocycles. The van der Waals surface area contributed by atoms with Gasteiger partial charge in [0.25, 0.3) is 0 Å². The largest absolute Gasteiger partial charge is 0.489 e. The maximum Gasteiger partial charge on any atom is 0.145 e. The van der Waals surface area contributed by atoms with Gasteiger partial charge in [-0.25, -0.2) is 9.37 Å². The van der Waals surface area contributed by atoms with E-state index in [1.807, 2.05) is 77.5 Å². The van der Waals surface area contributed by atoms with Crippen LogP contribution in [0.3, 0.4) is 0 Å². The van der Waals surface area contributed by atoms with Gasteiger partial charge in [0.2, 0.25) is 0 Å². The van der Waals surface area contributed by atoms with Crippen molar-refractivity contribution in [2.45, 2.75) is 6.61 Å². The molecule has 0 saturated heterocycles. The summed E-state index contributed by atoms with van der Waals surface area (Å²) < 4.78 is 21.3. The summed E-state index contributed by atoms with van der Waals surface area (Å²) in [6.45, 7) is 0.519. The Morgan fingerprint density at radius 2 is 1.44 bits per heavy atom. The van der Waals surface area contributed by atoms with Crippen molar-refractivity contribution in [2.24, 2.45) is 0 Å². The van der Waals surface area contributed by atoms with Crippen LogP contribution >= 0.6 is 0 Å². The minimum Gasteiger partial charge on any atom is -0.489 e. The Bertz CT molecular complexity index is 1300. The van der Waals surface area contributed by atoms with Crippen molar-refractivity contribution in [1.29, 1.82) is 0 Å². The Morgan fingerprint density at radius 1 is 0.750 bits per heavy atom. The number of halogens is 1. The second-order valence-electron chi connectivity index (χ2n) is 7.33. The zero-order valence-corrected chi connectivity index (χ0v) is 17.2. The van der Waals surface area contributed by atoms with Crippen LogP contribution in [0.4, 0.5) is 4.39 Å². The highest BCUT2D eigenvalue weighted by Gasteiger charge is 2.13. The standard InChI is InChI=1S/C27H20FN3O/c28-23-10-6-22(7-11-23)27-30-26(18-31(27)24-14-16-29-17-15-24)21-8-12-25(13-9-21)32-19-20-4-2-1-3-5-20/h1-18H,19H2. The Hall–Kier alpha value is -4.25. The van der Waals surface area contributed by atoms with Crippen LogP contribution in [0.2, 0.25) is 0 Å². The zero-order chi connectivity index (χ0) is 21.8. The van der Waals surface area contributed by atoms with Gasteiger partial charge in [0.1, 0.15) is 24.0 Å². The number of benzene rings is 3. The summed E-state index contributed by atoms with van der Waals surface area (Å²) in [5.41, 5.74) is 4.67. The molecule has 0 atom stereocenters. The first-order chi connectivity index (χ1) is 15.8. The topological polar surface area (TPSA) is 39.9 Å². The van der Waals surface area contributed by atoms with E-state index in [2.05, 4.69) is 4.98 Å². The minimum atomic E-state index is -0.276. The first-order valence-corrected chi connectivity index (χ1v) is 10.3. The van der Waals surface area contributed by atoms with E-state index in [0.717, 1.165) is 39.6 Å². The lowest BCUT2D eigenvalue weighted by atomic mass is 10.1. The molecule has 0 radical (unpaired) electrons. The summed E-state index contributed by atoms with van der Waals surface area (Å²) in [6, 6.07) is 28.1. The normalized spacial score (nSPS) is 10.8. The quantitative estimate of drug-likeness (QED) is 0.322. The van der Waals surface area contributed by atoms with Gasteiger partial charge in [-0.3, -0.25) is 9.55 Å². The third-order valence-corrected chi connectivity index (χ3v) is 5.15. The predicted molar refractivity (Wildman–Crippen MR) is 123 cm³/mol. The number of nitrogens with zero attached hydrogens (tertiary/aromatic N) is 3. The molecule has 5 heteroatoms. The Morgan fingerprint density at radius 3 is 2.16 bits per heavy atom. The fourth-order valence-corrected chi connectivity index (χ4v) is 3.49. The molecule has 156 valence electrons. The van der Waals surface area contributed by atoms with Gasteiger partial charge in [0.15, 0.2) is 0 Å². The lowest BCUT2D eigenvalue weighted by Gasteiger charge is -2.07. The SMILES string of the molecule is Fc1ccc(-c2nc(-c3ccc(OCc4ccccc4)cc3)cn2-c2ccncc2)cc1. The molecule has 3 aromatic carbocycles. The summed E-state index contributed by atoms with van der Waals surface area (Å²) in [5.74, 6) is 1.25. The summed E-state index contributed by atoms with van der Waals surface area (Å²) in [6.07, 6.45) is 5.46. The average molecular weight is 421 g/mol. The molecule has 5 rings (SSSR count). The zero-order valence-electron chi connectivity index (χ0n) is 17.2. The molecule has 2 heterocycles. The number of hydrogen-bond acceptors (Lipinski definition) is 3. The van der Waals surface area contributed by atoms with Gasteiger partial charge in [-0.05, 0) is 66.2 Å². The van der Waals surface area contributed by atoms with E-state index in [-0.39, 0.29) is 5.82 Å². The smallest absolute Gasteiger partial charge is 0.145 e. The highest BCUT2D eigenvalue weighted by Crippen LogP contribution is 2.29. The van der Waals surface area contributed by atoms with E-state index in [1.165, 1.54) is 12.1 Å². The number of imidazole rings is 1. The monoisotopic (exact) mass is 421 g/mol. The van der Waals surface area contributed by atoms with E-state index in [1.54, 1.807) is 24.5 Å². The molecule has 0 amide bonds. The Labute approximate surface area is 185 Å². The highest BCUT2D eigenvalue weighted by atomic mass is 19.1. The molecule has 0 saturated carbocycles. The van der Waals surface area contributed by atoms with Crippen LogP contribution in [-0.2, 0) is 6.61 Å². The van der Waals surface area contributed by atoms with Crippen LogP contribution in [0.5, 0.6) is 5.75 Å². The molecule has 5 aromatic rings. The molecule has 32 heavy (non-hydrogen) atoms. The highest BCUT2D eigenvalue weighted by molar-refractivity contribution is 5.67. The van der Waals surface area contributed by atoms with Gasteiger partial charge in [-0.15, -0.1) is 0 Å². The maximum atomic E-state index is 13.5. The van der Waals surface area contributed by atoms with Crippen molar-refractivity contribution in [3.8, 4) is 34.1 Å². The fraction of sp³-hybridized carbons (Fsp3) is 0.0370. The van der Waals surface area contributed by atoms with Gasteiger partial charge >= 0.3 is 0 Å². The third kappa shape index (κ3) is 4.27. The first kappa shape index (κ1) is 19.7. The second kappa shape index (κ2) is 8.86. The molecular formula is C27H20FN3O. The van der Waals surface area contributed by atoms with Gasteiger partial charge in [0.05, 0.1) is 11.4 Å². The summed E-state index contributed by atoms with van der Waals surface area (Å²) in [7, 11) is 0. The molecular weight excluding hydrogens is 401 g/mol. The lowest BCUT2D eigenvalue weighted by molar-refractivity contribution is 0.306. The van der Waals surface area contributed by atoms with E-state index in [9.17, 15) is 4.39 Å². The number of ether oxygens (including phenoxy) is 1. The molecule has 0 aliphatic carbocycles. The summed E-state index contributed by atoms with van der Waals surface area (Å²) in [4.78, 5) is 8.96. The lowest BCUT2D eigenvalue weighted by Crippen LogP contribution is -1.96. The molecule has 0 bridgehead atoms. The Kier molecular flexibility index (Phi) is 5.45. The molecule has 4 nitrogen and oxygen atoms in total. The average Bonchev–Trinajstić information content (AvgIpc) is 3.30. The number of rotatable bonds is 6. The van der Waals surface area contributed by atoms with E-state index in [4.69, 9.17) is 9.72 Å². The van der Waals surface area contributed by atoms with Crippen molar-refractivity contribution >= 4 is 0 Å². The fourth-order valence-electron chi connectivity index (χ4n) is 3.49. The Balaban J connectivity index is 1.45.